The number of amides is 2. The number of hydrazine groups is 1. The van der Waals surface area contributed by atoms with Crippen LogP contribution in [0.15, 0.2) is 59.1 Å². The summed E-state index contributed by atoms with van der Waals surface area (Å²) < 4.78 is 0.877. The van der Waals surface area contributed by atoms with Gasteiger partial charge in [0, 0.05) is 15.6 Å². The summed E-state index contributed by atoms with van der Waals surface area (Å²) in [5.74, 6) is -0.769. The predicted molar refractivity (Wildman–Crippen MR) is 101 cm³/mol. The first kappa shape index (κ1) is 17.3. The molecule has 0 saturated heterocycles. The Balaban J connectivity index is 1.68. The number of aromatic nitrogens is 1. The fourth-order valence-electron chi connectivity index (χ4n) is 2.16. The van der Waals surface area contributed by atoms with Crippen molar-refractivity contribution in [2.45, 2.75) is 6.92 Å². The van der Waals surface area contributed by atoms with Crippen molar-refractivity contribution in [3.63, 3.8) is 0 Å². The van der Waals surface area contributed by atoms with Crippen molar-refractivity contribution in [2.24, 2.45) is 0 Å². The molecule has 0 spiro atoms. The fraction of sp³-hybridized carbons (Fsp3) is 0.0556. The molecule has 25 heavy (non-hydrogen) atoms. The monoisotopic (exact) mass is 415 g/mol. The maximum absolute atomic E-state index is 12.3. The van der Waals surface area contributed by atoms with Crippen LogP contribution in [-0.4, -0.2) is 16.8 Å². The topological polar surface area (TPSA) is 71.1 Å². The molecule has 5 nitrogen and oxygen atoms in total. The first-order valence-electron chi connectivity index (χ1n) is 7.43. The highest BCUT2D eigenvalue weighted by Crippen LogP contribution is 2.27. The lowest BCUT2D eigenvalue weighted by atomic mass is 10.2. The minimum atomic E-state index is -0.386. The second kappa shape index (κ2) is 7.58. The number of aryl methyl sites for hydroxylation is 1. The van der Waals surface area contributed by atoms with Crippen LogP contribution >= 0.6 is 27.3 Å². The molecule has 0 fully saturated rings. The highest BCUT2D eigenvalue weighted by molar-refractivity contribution is 9.10. The molecule has 1 heterocycles. The summed E-state index contributed by atoms with van der Waals surface area (Å²) in [6.07, 6.45) is 0. The van der Waals surface area contributed by atoms with Gasteiger partial charge in [-0.2, -0.15) is 0 Å². The number of nitrogens with zero attached hydrogens (tertiary/aromatic N) is 1. The molecule has 2 aromatic carbocycles. The summed E-state index contributed by atoms with van der Waals surface area (Å²) in [5, 5.41) is 0.766. The molecule has 2 N–H and O–H groups in total. The van der Waals surface area contributed by atoms with Crippen molar-refractivity contribution in [1.29, 1.82) is 0 Å². The minimum absolute atomic E-state index is 0.383. The second-order valence-electron chi connectivity index (χ2n) is 5.21. The lowest BCUT2D eigenvalue weighted by Crippen LogP contribution is -2.41. The summed E-state index contributed by atoms with van der Waals surface area (Å²) in [6.45, 7) is 1.77. The maximum Gasteiger partial charge on any atom is 0.281 e. The Hall–Kier alpha value is -2.51. The third-order valence-electron chi connectivity index (χ3n) is 3.42. The van der Waals surface area contributed by atoms with Crippen molar-refractivity contribution >= 4 is 39.1 Å². The first-order valence-corrected chi connectivity index (χ1v) is 9.04. The van der Waals surface area contributed by atoms with Crippen LogP contribution in [0, 0.1) is 6.92 Å². The Labute approximate surface area is 157 Å². The largest absolute Gasteiger partial charge is 0.281 e. The summed E-state index contributed by atoms with van der Waals surface area (Å²) in [7, 11) is 0. The van der Waals surface area contributed by atoms with Crippen LogP contribution in [0.25, 0.3) is 10.6 Å². The van der Waals surface area contributed by atoms with Crippen LogP contribution < -0.4 is 10.9 Å². The van der Waals surface area contributed by atoms with E-state index >= 15 is 0 Å². The SMILES string of the molecule is Cc1nc(-c2ccccc2)sc1C(=O)NNC(=O)c1ccc(Br)cc1. The van der Waals surface area contributed by atoms with Gasteiger partial charge in [-0.1, -0.05) is 46.3 Å². The Morgan fingerprint density at radius 1 is 0.960 bits per heavy atom. The average Bonchev–Trinajstić information content (AvgIpc) is 3.02. The van der Waals surface area contributed by atoms with E-state index in [9.17, 15) is 9.59 Å². The van der Waals surface area contributed by atoms with E-state index < -0.39 is 0 Å². The van der Waals surface area contributed by atoms with Gasteiger partial charge in [-0.3, -0.25) is 20.4 Å². The number of nitrogens with one attached hydrogen (secondary N) is 2. The van der Waals surface area contributed by atoms with Gasteiger partial charge in [-0.15, -0.1) is 11.3 Å². The number of benzene rings is 2. The quantitative estimate of drug-likeness (QED) is 0.635. The normalized spacial score (nSPS) is 10.3. The number of hydrogen-bond donors (Lipinski definition) is 2. The first-order chi connectivity index (χ1) is 12.0. The van der Waals surface area contributed by atoms with Crippen LogP contribution in [0.3, 0.4) is 0 Å². The summed E-state index contributed by atoms with van der Waals surface area (Å²) in [4.78, 5) is 29.3. The Morgan fingerprint density at radius 3 is 2.28 bits per heavy atom. The lowest BCUT2D eigenvalue weighted by molar-refractivity contribution is 0.0848. The number of carbonyl (C=O) groups excluding carboxylic acids is 2. The molecule has 1 aromatic heterocycles. The summed E-state index contributed by atoms with van der Waals surface area (Å²) >= 11 is 4.60. The zero-order valence-electron chi connectivity index (χ0n) is 13.2. The third kappa shape index (κ3) is 4.12. The van der Waals surface area contributed by atoms with Gasteiger partial charge in [0.25, 0.3) is 11.8 Å². The van der Waals surface area contributed by atoms with Crippen LogP contribution in [0.5, 0.6) is 0 Å². The third-order valence-corrected chi connectivity index (χ3v) is 5.15. The molecule has 0 aliphatic rings. The Kier molecular flexibility index (Phi) is 5.25. The molecule has 0 unspecified atom stereocenters. The molecular formula is C18H14BrN3O2S. The van der Waals surface area contributed by atoms with E-state index in [0.717, 1.165) is 15.0 Å². The number of hydrogen-bond acceptors (Lipinski definition) is 4. The molecule has 0 aliphatic carbocycles. The molecular weight excluding hydrogens is 402 g/mol. The second-order valence-corrected chi connectivity index (χ2v) is 7.13. The summed E-state index contributed by atoms with van der Waals surface area (Å²) in [6, 6.07) is 16.5. The molecule has 3 rings (SSSR count). The number of carbonyl (C=O) groups is 2. The molecule has 0 saturated carbocycles. The van der Waals surface area contributed by atoms with E-state index in [-0.39, 0.29) is 11.8 Å². The number of thiazole rings is 1. The van der Waals surface area contributed by atoms with Gasteiger partial charge in [0.15, 0.2) is 0 Å². The van der Waals surface area contributed by atoms with E-state index in [4.69, 9.17) is 0 Å². The number of rotatable bonds is 3. The van der Waals surface area contributed by atoms with E-state index in [1.165, 1.54) is 11.3 Å². The van der Waals surface area contributed by atoms with Gasteiger partial charge in [0.2, 0.25) is 0 Å². The van der Waals surface area contributed by atoms with Gasteiger partial charge in [0.1, 0.15) is 9.88 Å². The van der Waals surface area contributed by atoms with E-state index in [0.29, 0.717) is 16.1 Å². The van der Waals surface area contributed by atoms with E-state index in [1.807, 2.05) is 30.3 Å². The minimum Gasteiger partial charge on any atom is -0.267 e. The summed E-state index contributed by atoms with van der Waals surface area (Å²) in [5.41, 5.74) is 6.89. The van der Waals surface area contributed by atoms with Crippen molar-refractivity contribution < 1.29 is 9.59 Å². The van der Waals surface area contributed by atoms with Crippen LogP contribution in [0.4, 0.5) is 0 Å². The van der Waals surface area contributed by atoms with Crippen molar-refractivity contribution in [2.75, 3.05) is 0 Å². The zero-order chi connectivity index (χ0) is 17.8. The predicted octanol–water partition coefficient (Wildman–Crippen LogP) is 3.96. The van der Waals surface area contributed by atoms with Gasteiger partial charge in [0.05, 0.1) is 5.69 Å². The number of halogens is 1. The average molecular weight is 416 g/mol. The van der Waals surface area contributed by atoms with Crippen molar-refractivity contribution in [3.05, 3.63) is 75.2 Å². The smallest absolute Gasteiger partial charge is 0.267 e. The van der Waals surface area contributed by atoms with Gasteiger partial charge >= 0.3 is 0 Å². The molecule has 2 amide bonds. The fourth-order valence-corrected chi connectivity index (χ4v) is 3.39. The highest BCUT2D eigenvalue weighted by atomic mass is 79.9. The van der Waals surface area contributed by atoms with Crippen molar-refractivity contribution in [1.82, 2.24) is 15.8 Å². The molecule has 0 atom stereocenters. The lowest BCUT2D eigenvalue weighted by Gasteiger charge is -2.06. The highest BCUT2D eigenvalue weighted by Gasteiger charge is 2.17. The van der Waals surface area contributed by atoms with Crippen molar-refractivity contribution in [3.8, 4) is 10.6 Å². The van der Waals surface area contributed by atoms with E-state index in [2.05, 4.69) is 31.8 Å². The van der Waals surface area contributed by atoms with E-state index in [1.54, 1.807) is 31.2 Å². The van der Waals surface area contributed by atoms with Gasteiger partial charge in [-0.25, -0.2) is 4.98 Å². The van der Waals surface area contributed by atoms with Gasteiger partial charge < -0.3 is 0 Å². The Bertz CT molecular complexity index is 908. The Morgan fingerprint density at radius 2 is 1.60 bits per heavy atom. The maximum atomic E-state index is 12.3. The molecule has 3 aromatic rings. The standard InChI is InChI=1S/C18H14BrN3O2S/c1-11-15(25-18(20-11)13-5-3-2-4-6-13)17(24)22-21-16(23)12-7-9-14(19)10-8-12/h2-10H,1H3,(H,21,23)(H,22,24). The van der Waals surface area contributed by atoms with Crippen LogP contribution in [0.2, 0.25) is 0 Å². The molecule has 126 valence electrons. The molecule has 0 aliphatic heterocycles. The van der Waals surface area contributed by atoms with Crippen LogP contribution in [-0.2, 0) is 0 Å². The van der Waals surface area contributed by atoms with Gasteiger partial charge in [-0.05, 0) is 31.2 Å². The molecule has 0 bridgehead atoms. The van der Waals surface area contributed by atoms with Crippen LogP contribution in [0.1, 0.15) is 25.7 Å². The zero-order valence-corrected chi connectivity index (χ0v) is 15.6. The molecule has 0 radical (unpaired) electrons. The molecule has 7 heteroatoms.